The van der Waals surface area contributed by atoms with Crippen molar-refractivity contribution in [3.8, 4) is 11.5 Å². The summed E-state index contributed by atoms with van der Waals surface area (Å²) >= 11 is 0. The van der Waals surface area contributed by atoms with E-state index in [1.54, 1.807) is 12.1 Å². The van der Waals surface area contributed by atoms with Gasteiger partial charge in [0.2, 0.25) is 0 Å². The van der Waals surface area contributed by atoms with E-state index in [9.17, 15) is 4.79 Å². The first kappa shape index (κ1) is 19.5. The van der Waals surface area contributed by atoms with E-state index in [1.165, 1.54) is 6.21 Å². The summed E-state index contributed by atoms with van der Waals surface area (Å²) in [5, 5.41) is 7.09. The van der Waals surface area contributed by atoms with Gasteiger partial charge >= 0.3 is 5.91 Å². The number of furan rings is 1. The molecule has 0 aliphatic heterocycles. The van der Waals surface area contributed by atoms with Crippen molar-refractivity contribution < 1.29 is 18.7 Å². The Morgan fingerprint density at radius 1 is 1.00 bits per heavy atom. The monoisotopic (exact) mass is 402 g/mol. The van der Waals surface area contributed by atoms with Gasteiger partial charge in [-0.15, -0.1) is 0 Å². The number of amides is 1. The maximum Gasteiger partial charge on any atom is 0.307 e. The Morgan fingerprint density at radius 3 is 2.67 bits per heavy atom. The molecule has 152 valence electrons. The summed E-state index contributed by atoms with van der Waals surface area (Å²) in [5.41, 5.74) is 3.91. The van der Waals surface area contributed by atoms with Gasteiger partial charge in [0, 0.05) is 17.0 Å². The molecule has 0 bridgehead atoms. The lowest BCUT2D eigenvalue weighted by Gasteiger charge is -2.09. The molecule has 0 spiro atoms. The summed E-state index contributed by atoms with van der Waals surface area (Å²) in [7, 11) is 0. The molecule has 6 heteroatoms. The fourth-order valence-electron chi connectivity index (χ4n) is 3.28. The Morgan fingerprint density at radius 2 is 1.83 bits per heavy atom. The average Bonchev–Trinajstić information content (AvgIpc) is 3.21. The number of benzene rings is 3. The fraction of sp³-hybridized carbons (Fsp3) is 0.167. The van der Waals surface area contributed by atoms with Crippen LogP contribution in [-0.2, 0) is 0 Å². The van der Waals surface area contributed by atoms with Crippen molar-refractivity contribution >= 4 is 33.9 Å². The summed E-state index contributed by atoms with van der Waals surface area (Å²) in [6, 6.07) is 19.0. The van der Waals surface area contributed by atoms with Gasteiger partial charge in [-0.1, -0.05) is 30.3 Å². The molecule has 0 radical (unpaired) electrons. The molecule has 0 aliphatic rings. The van der Waals surface area contributed by atoms with Crippen LogP contribution in [0.2, 0.25) is 0 Å². The highest BCUT2D eigenvalue weighted by atomic mass is 16.5. The van der Waals surface area contributed by atoms with Crippen LogP contribution in [0.25, 0.3) is 21.7 Å². The van der Waals surface area contributed by atoms with Crippen molar-refractivity contribution in [2.24, 2.45) is 5.10 Å². The van der Waals surface area contributed by atoms with Crippen LogP contribution in [0.15, 0.2) is 70.2 Å². The third kappa shape index (κ3) is 3.98. The van der Waals surface area contributed by atoms with Crippen molar-refractivity contribution in [1.82, 2.24) is 5.43 Å². The Kier molecular flexibility index (Phi) is 5.66. The Hall–Kier alpha value is -3.80. The van der Waals surface area contributed by atoms with Crippen LogP contribution < -0.4 is 14.9 Å². The molecule has 6 nitrogen and oxygen atoms in total. The molecular formula is C24H22N2O4. The first-order valence-corrected chi connectivity index (χ1v) is 9.84. The van der Waals surface area contributed by atoms with Gasteiger partial charge in [0.05, 0.1) is 19.4 Å². The first-order valence-electron chi connectivity index (χ1n) is 9.84. The highest BCUT2D eigenvalue weighted by Crippen LogP contribution is 2.28. The minimum Gasteiger partial charge on any atom is -0.494 e. The minimum absolute atomic E-state index is 0.204. The molecular weight excluding hydrogens is 380 g/mol. The molecule has 1 amide bonds. The molecule has 0 atom stereocenters. The average molecular weight is 402 g/mol. The van der Waals surface area contributed by atoms with Gasteiger partial charge in [-0.3, -0.25) is 4.79 Å². The Balaban J connectivity index is 1.53. The Labute approximate surface area is 174 Å². The normalized spacial score (nSPS) is 11.3. The standard InChI is InChI=1S/C24H22N2O4/c1-3-28-18-11-9-17(22(13-18)29-4-2)15-25-26-24(27)23-14-20-19-8-6-5-7-16(19)10-12-21(20)30-23/h5-15H,3-4H2,1-2H3,(H,26,27)/b25-15-. The van der Waals surface area contributed by atoms with E-state index < -0.39 is 5.91 Å². The molecule has 0 fully saturated rings. The predicted octanol–water partition coefficient (Wildman–Crippen LogP) is 5.15. The number of nitrogens with zero attached hydrogens (tertiary/aromatic N) is 1. The Bertz CT molecular complexity index is 1230. The zero-order valence-corrected chi connectivity index (χ0v) is 16.8. The number of hydrazone groups is 1. The lowest BCUT2D eigenvalue weighted by molar-refractivity contribution is 0.0929. The van der Waals surface area contributed by atoms with Gasteiger partial charge in [0.25, 0.3) is 0 Å². The van der Waals surface area contributed by atoms with E-state index >= 15 is 0 Å². The molecule has 1 heterocycles. The number of carbonyl (C=O) groups is 1. The van der Waals surface area contributed by atoms with Gasteiger partial charge in [-0.25, -0.2) is 5.43 Å². The summed E-state index contributed by atoms with van der Waals surface area (Å²) in [5.74, 6) is 1.14. The van der Waals surface area contributed by atoms with Crippen molar-refractivity contribution in [2.45, 2.75) is 13.8 Å². The molecule has 0 saturated heterocycles. The number of rotatable bonds is 7. The summed E-state index contributed by atoms with van der Waals surface area (Å²) in [6.07, 6.45) is 1.54. The van der Waals surface area contributed by atoms with Gasteiger partial charge in [-0.05, 0) is 48.9 Å². The van der Waals surface area contributed by atoms with Crippen LogP contribution >= 0.6 is 0 Å². The molecule has 0 aliphatic carbocycles. The van der Waals surface area contributed by atoms with E-state index in [1.807, 2.05) is 62.4 Å². The first-order chi connectivity index (χ1) is 14.7. The summed E-state index contributed by atoms with van der Waals surface area (Å²) in [6.45, 7) is 4.91. The lowest BCUT2D eigenvalue weighted by atomic mass is 10.1. The minimum atomic E-state index is -0.421. The zero-order valence-electron chi connectivity index (χ0n) is 16.8. The van der Waals surface area contributed by atoms with E-state index in [-0.39, 0.29) is 5.76 Å². The summed E-state index contributed by atoms with van der Waals surface area (Å²) < 4.78 is 16.9. The van der Waals surface area contributed by atoms with Gasteiger partial charge in [0.15, 0.2) is 5.76 Å². The van der Waals surface area contributed by atoms with Crippen molar-refractivity contribution in [3.63, 3.8) is 0 Å². The number of hydrogen-bond acceptors (Lipinski definition) is 5. The number of nitrogens with one attached hydrogen (secondary N) is 1. The van der Waals surface area contributed by atoms with Crippen molar-refractivity contribution in [3.05, 3.63) is 72.0 Å². The molecule has 0 saturated carbocycles. The maximum atomic E-state index is 12.5. The highest BCUT2D eigenvalue weighted by Gasteiger charge is 2.13. The number of hydrogen-bond donors (Lipinski definition) is 1. The van der Waals surface area contributed by atoms with Crippen LogP contribution in [0.1, 0.15) is 30.0 Å². The second-order valence-electron chi connectivity index (χ2n) is 6.57. The molecule has 0 unspecified atom stereocenters. The fourth-order valence-corrected chi connectivity index (χ4v) is 3.28. The quantitative estimate of drug-likeness (QED) is 0.343. The predicted molar refractivity (Wildman–Crippen MR) is 118 cm³/mol. The summed E-state index contributed by atoms with van der Waals surface area (Å²) in [4.78, 5) is 12.5. The SMILES string of the molecule is CCOc1ccc(/C=N\NC(=O)c2cc3c(ccc4ccccc43)o2)c(OCC)c1. The third-order valence-corrected chi connectivity index (χ3v) is 4.62. The molecule has 3 aromatic carbocycles. The van der Waals surface area contributed by atoms with Crippen molar-refractivity contribution in [2.75, 3.05) is 13.2 Å². The van der Waals surface area contributed by atoms with Crippen LogP contribution in [0.5, 0.6) is 11.5 Å². The topological polar surface area (TPSA) is 73.1 Å². The van der Waals surface area contributed by atoms with E-state index in [0.29, 0.717) is 24.5 Å². The number of fused-ring (bicyclic) bond motifs is 3. The maximum absolute atomic E-state index is 12.5. The van der Waals surface area contributed by atoms with Crippen LogP contribution in [0.4, 0.5) is 0 Å². The second kappa shape index (κ2) is 8.69. The van der Waals surface area contributed by atoms with Crippen LogP contribution in [-0.4, -0.2) is 25.3 Å². The lowest BCUT2D eigenvalue weighted by Crippen LogP contribution is -2.16. The van der Waals surface area contributed by atoms with Crippen LogP contribution in [0.3, 0.4) is 0 Å². The smallest absolute Gasteiger partial charge is 0.307 e. The highest BCUT2D eigenvalue weighted by molar-refractivity contribution is 6.08. The van der Waals surface area contributed by atoms with Crippen LogP contribution in [0, 0.1) is 0 Å². The molecule has 4 aromatic rings. The van der Waals surface area contributed by atoms with E-state index in [4.69, 9.17) is 13.9 Å². The van der Waals surface area contributed by atoms with Gasteiger partial charge in [-0.2, -0.15) is 5.10 Å². The van der Waals surface area contributed by atoms with Gasteiger partial charge in [0.1, 0.15) is 17.1 Å². The van der Waals surface area contributed by atoms with E-state index in [2.05, 4.69) is 10.5 Å². The molecule has 1 N–H and O–H groups in total. The molecule has 30 heavy (non-hydrogen) atoms. The number of ether oxygens (including phenoxy) is 2. The third-order valence-electron chi connectivity index (χ3n) is 4.62. The van der Waals surface area contributed by atoms with E-state index in [0.717, 1.165) is 27.5 Å². The molecule has 1 aromatic heterocycles. The largest absolute Gasteiger partial charge is 0.494 e. The van der Waals surface area contributed by atoms with Crippen molar-refractivity contribution in [1.29, 1.82) is 0 Å². The van der Waals surface area contributed by atoms with Gasteiger partial charge < -0.3 is 13.9 Å². The zero-order chi connectivity index (χ0) is 20.9. The second-order valence-corrected chi connectivity index (χ2v) is 6.57. The number of carbonyl (C=O) groups excluding carboxylic acids is 1. The molecule has 4 rings (SSSR count).